The predicted octanol–water partition coefficient (Wildman–Crippen LogP) is 3.19. The van der Waals surface area contributed by atoms with Crippen LogP contribution in [0, 0.1) is 18.8 Å². The maximum absolute atomic E-state index is 13.3. The van der Waals surface area contributed by atoms with Gasteiger partial charge in [-0.2, -0.15) is 5.10 Å². The predicted molar refractivity (Wildman–Crippen MR) is 144 cm³/mol. The lowest BCUT2D eigenvalue weighted by Crippen LogP contribution is -2.50. The van der Waals surface area contributed by atoms with Crippen molar-refractivity contribution in [2.45, 2.75) is 30.7 Å². The van der Waals surface area contributed by atoms with Gasteiger partial charge in [0, 0.05) is 37.6 Å². The zero-order chi connectivity index (χ0) is 25.2. The normalized spacial score (nSPS) is 17.0. The number of fused-ring (bicyclic) bond motifs is 1. The van der Waals surface area contributed by atoms with Crippen LogP contribution in [0.25, 0.3) is 0 Å². The summed E-state index contributed by atoms with van der Waals surface area (Å²) in [6.45, 7) is 2.02. The average molecular weight is 517 g/mol. The topological polar surface area (TPSA) is 92.0 Å². The van der Waals surface area contributed by atoms with E-state index in [4.69, 9.17) is 0 Å². The Morgan fingerprint density at radius 2 is 2.00 bits per heavy atom. The maximum Gasteiger partial charge on any atom is 0.268 e. The third kappa shape index (κ3) is 4.85. The number of amides is 2. The van der Waals surface area contributed by atoms with Crippen molar-refractivity contribution >= 4 is 51.3 Å². The number of carbonyl (C=O) groups is 2. The molecule has 2 amide bonds. The number of nitrogens with zero attached hydrogens (tertiary/aromatic N) is 5. The van der Waals surface area contributed by atoms with Gasteiger partial charge in [0.25, 0.3) is 11.8 Å². The number of imidazole rings is 1. The maximum atomic E-state index is 13.3. The van der Waals surface area contributed by atoms with E-state index in [1.165, 1.54) is 11.3 Å². The Balaban J connectivity index is 1.24. The van der Waals surface area contributed by atoms with Gasteiger partial charge < -0.3 is 14.8 Å². The summed E-state index contributed by atoms with van der Waals surface area (Å²) in [7, 11) is 3.65. The quantitative estimate of drug-likeness (QED) is 0.539. The molecule has 0 saturated heterocycles. The number of hydrogen-bond donors (Lipinski definition) is 1. The van der Waals surface area contributed by atoms with E-state index in [1.54, 1.807) is 36.2 Å². The Kier molecular flexibility index (Phi) is 6.76. The molecule has 1 aromatic carbocycles. The van der Waals surface area contributed by atoms with Crippen LogP contribution in [0.5, 0.6) is 0 Å². The highest BCUT2D eigenvalue weighted by molar-refractivity contribution is 7.99. The van der Waals surface area contributed by atoms with Crippen molar-refractivity contribution in [1.82, 2.24) is 14.9 Å². The molecule has 0 unspecified atom stereocenters. The summed E-state index contributed by atoms with van der Waals surface area (Å²) in [4.78, 5) is 33.8. The molecule has 0 fully saturated rings. The summed E-state index contributed by atoms with van der Waals surface area (Å²) in [5, 5.41) is 12.0. The molecule has 182 valence electrons. The molecule has 2 aliphatic heterocycles. The van der Waals surface area contributed by atoms with Crippen LogP contribution in [0.15, 0.2) is 58.0 Å². The van der Waals surface area contributed by atoms with E-state index in [-0.39, 0.29) is 11.8 Å². The number of rotatable bonds is 4. The van der Waals surface area contributed by atoms with E-state index < -0.39 is 6.04 Å². The lowest BCUT2D eigenvalue weighted by atomic mass is 10.0. The minimum Gasteiger partial charge on any atom is -0.338 e. The minimum atomic E-state index is -0.656. The smallest absolute Gasteiger partial charge is 0.268 e. The minimum absolute atomic E-state index is 0.161. The fourth-order valence-electron chi connectivity index (χ4n) is 3.96. The molecule has 4 heterocycles. The molecule has 5 rings (SSSR count). The first kappa shape index (κ1) is 24.0. The van der Waals surface area contributed by atoms with Gasteiger partial charge in [0.15, 0.2) is 0 Å². The van der Waals surface area contributed by atoms with E-state index in [0.717, 1.165) is 37.3 Å². The lowest BCUT2D eigenvalue weighted by Gasteiger charge is -2.20. The molecule has 0 aliphatic carbocycles. The Morgan fingerprint density at radius 1 is 1.19 bits per heavy atom. The molecule has 3 aromatic rings. The number of aryl methyl sites for hydroxylation is 1. The molecule has 2 aromatic heterocycles. The second-order valence-electron chi connectivity index (χ2n) is 8.62. The first-order valence-corrected chi connectivity index (χ1v) is 13.2. The van der Waals surface area contributed by atoms with Crippen LogP contribution >= 0.6 is 23.1 Å². The molecular weight excluding hydrogens is 492 g/mol. The standard InChI is InChI=1S/C26H24N6O2S2/c1-16-22(10-9-19-13-27-15-31(19)2)36-26-23(16)35-14-21(25(34)32(26)3)28-24(33)20-12-18(29-30-20)11-17-7-5-4-6-8-17/h4-8,13,15,21H,11-12,14H2,1-3H3,(H,28,33)/t21-/m0/s1. The van der Waals surface area contributed by atoms with Crippen molar-refractivity contribution < 1.29 is 9.59 Å². The van der Waals surface area contributed by atoms with Crippen LogP contribution in [0.1, 0.15) is 28.1 Å². The number of thioether (sulfide) groups is 1. The molecule has 1 atom stereocenters. The van der Waals surface area contributed by atoms with Gasteiger partial charge in [-0.3, -0.25) is 9.59 Å². The second kappa shape index (κ2) is 10.1. The van der Waals surface area contributed by atoms with Crippen LogP contribution < -0.4 is 10.2 Å². The van der Waals surface area contributed by atoms with Crippen LogP contribution in [0.3, 0.4) is 0 Å². The van der Waals surface area contributed by atoms with E-state index in [1.807, 2.05) is 48.9 Å². The summed E-state index contributed by atoms with van der Waals surface area (Å²) < 4.78 is 1.86. The van der Waals surface area contributed by atoms with Crippen molar-refractivity contribution in [2.75, 3.05) is 17.7 Å². The summed E-state index contributed by atoms with van der Waals surface area (Å²) in [6.07, 6.45) is 4.47. The molecule has 10 heteroatoms. The Morgan fingerprint density at radius 3 is 2.75 bits per heavy atom. The van der Waals surface area contributed by atoms with Crippen molar-refractivity contribution in [3.05, 3.63) is 64.6 Å². The number of anilines is 1. The molecule has 8 nitrogen and oxygen atoms in total. The van der Waals surface area contributed by atoms with Gasteiger partial charge in [-0.25, -0.2) is 4.98 Å². The highest BCUT2D eigenvalue weighted by Gasteiger charge is 2.34. The average Bonchev–Trinajstić information content (AvgIpc) is 3.57. The molecule has 0 bridgehead atoms. The molecular formula is C26H24N6O2S2. The number of aromatic nitrogens is 2. The van der Waals surface area contributed by atoms with Gasteiger partial charge in [0.1, 0.15) is 22.4 Å². The number of thiophene rings is 1. The Bertz CT molecular complexity index is 1460. The number of carbonyl (C=O) groups excluding carboxylic acids is 2. The van der Waals surface area contributed by atoms with Gasteiger partial charge in [-0.15, -0.1) is 28.2 Å². The number of benzene rings is 1. The van der Waals surface area contributed by atoms with Crippen LogP contribution in [-0.2, 0) is 23.1 Å². The van der Waals surface area contributed by atoms with E-state index in [2.05, 4.69) is 32.3 Å². The van der Waals surface area contributed by atoms with E-state index in [9.17, 15) is 9.59 Å². The van der Waals surface area contributed by atoms with Gasteiger partial charge in [0.05, 0.1) is 23.1 Å². The summed E-state index contributed by atoms with van der Waals surface area (Å²) >= 11 is 3.05. The first-order valence-electron chi connectivity index (χ1n) is 11.4. The number of likely N-dealkylation sites (N-methyl/N-ethyl adjacent to an activating group) is 1. The lowest BCUT2D eigenvalue weighted by molar-refractivity contribution is -0.123. The Labute approximate surface area is 217 Å². The van der Waals surface area contributed by atoms with E-state index >= 15 is 0 Å². The second-order valence-corrected chi connectivity index (χ2v) is 10.6. The Hall–Kier alpha value is -3.68. The summed E-state index contributed by atoms with van der Waals surface area (Å²) in [5.74, 6) is 6.30. The number of nitrogens with one attached hydrogen (secondary N) is 1. The van der Waals surface area contributed by atoms with Crippen molar-refractivity contribution in [2.24, 2.45) is 17.3 Å². The molecule has 2 aliphatic rings. The fourth-order valence-corrected chi connectivity index (χ4v) is 6.49. The van der Waals surface area contributed by atoms with Crippen molar-refractivity contribution in [3.63, 3.8) is 0 Å². The summed E-state index contributed by atoms with van der Waals surface area (Å²) in [5.41, 5.74) is 4.16. The van der Waals surface area contributed by atoms with Gasteiger partial charge in [-0.1, -0.05) is 30.3 Å². The zero-order valence-electron chi connectivity index (χ0n) is 20.1. The van der Waals surface area contributed by atoms with Gasteiger partial charge in [0.2, 0.25) is 0 Å². The fraction of sp³-hybridized carbons (Fsp3) is 0.269. The number of hydrogen-bond acceptors (Lipinski definition) is 7. The highest BCUT2D eigenvalue weighted by atomic mass is 32.2. The largest absolute Gasteiger partial charge is 0.338 e. The van der Waals surface area contributed by atoms with Gasteiger partial charge >= 0.3 is 0 Å². The molecule has 0 radical (unpaired) electrons. The molecule has 1 N–H and O–H groups in total. The first-order chi connectivity index (χ1) is 17.4. The molecule has 0 spiro atoms. The monoisotopic (exact) mass is 516 g/mol. The van der Waals surface area contributed by atoms with Gasteiger partial charge in [-0.05, 0) is 29.9 Å². The molecule has 36 heavy (non-hydrogen) atoms. The SMILES string of the molecule is Cc1c(C#Cc2cncn2C)sc2c1SC[C@H](NC(=O)C1=NN=C(Cc3ccccc3)C1)C(=O)N2C. The van der Waals surface area contributed by atoms with Crippen molar-refractivity contribution in [1.29, 1.82) is 0 Å². The summed E-state index contributed by atoms with van der Waals surface area (Å²) in [6, 6.07) is 9.30. The van der Waals surface area contributed by atoms with Crippen molar-refractivity contribution in [3.8, 4) is 11.8 Å². The highest BCUT2D eigenvalue weighted by Crippen LogP contribution is 2.43. The van der Waals surface area contributed by atoms with Crippen LogP contribution in [-0.4, -0.2) is 51.6 Å². The van der Waals surface area contributed by atoms with E-state index in [0.29, 0.717) is 24.3 Å². The zero-order valence-corrected chi connectivity index (χ0v) is 21.7. The van der Waals surface area contributed by atoms with Crippen LogP contribution in [0.2, 0.25) is 0 Å². The third-order valence-corrected chi connectivity index (χ3v) is 8.73. The van der Waals surface area contributed by atoms with Crippen LogP contribution in [0.4, 0.5) is 5.00 Å². The molecule has 0 saturated carbocycles. The third-order valence-electron chi connectivity index (χ3n) is 6.02.